The molecule has 0 spiro atoms. The van der Waals surface area contributed by atoms with Crippen molar-refractivity contribution in [2.24, 2.45) is 10.9 Å². The van der Waals surface area contributed by atoms with Gasteiger partial charge in [0.2, 0.25) is 5.89 Å². The van der Waals surface area contributed by atoms with Crippen molar-refractivity contribution in [1.29, 1.82) is 0 Å². The Morgan fingerprint density at radius 2 is 1.97 bits per heavy atom. The predicted octanol–water partition coefficient (Wildman–Crippen LogP) is 4.23. The molecule has 174 valence electrons. The normalized spacial score (nSPS) is 11.5. The molecule has 0 atom stereocenters. The quantitative estimate of drug-likeness (QED) is 0.124. The van der Waals surface area contributed by atoms with Gasteiger partial charge in [0.25, 0.3) is 0 Å². The van der Waals surface area contributed by atoms with Crippen LogP contribution in [0.15, 0.2) is 51.2 Å². The zero-order valence-corrected chi connectivity index (χ0v) is 22.2. The van der Waals surface area contributed by atoms with Crippen LogP contribution in [-0.2, 0) is 19.5 Å². The highest BCUT2D eigenvalue weighted by molar-refractivity contribution is 14.0. The predicted molar refractivity (Wildman–Crippen MR) is 141 cm³/mol. The molecule has 1 aromatic carbocycles. The molecule has 2 aromatic heterocycles. The summed E-state index contributed by atoms with van der Waals surface area (Å²) < 4.78 is 7.82. The highest BCUT2D eigenvalue weighted by atomic mass is 127. The van der Waals surface area contributed by atoms with Crippen molar-refractivity contribution >= 4 is 41.7 Å². The molecule has 0 saturated heterocycles. The van der Waals surface area contributed by atoms with E-state index >= 15 is 0 Å². The minimum atomic E-state index is 0. The van der Waals surface area contributed by atoms with Crippen molar-refractivity contribution in [2.75, 3.05) is 19.8 Å². The standard InChI is InChI=1S/C22H31N7OS.HI/c1-16(2)14-29-19(27-28-22(29)31-4)11-8-12-24-21(23-3)25-13-18-15-30-20(26-18)17-9-6-5-7-10-17;/h5-7,9-10,15-16H,8,11-14H2,1-4H3,(H2,23,24,25);1H. The lowest BCUT2D eigenvalue weighted by Gasteiger charge is -2.13. The van der Waals surface area contributed by atoms with Gasteiger partial charge in [0.05, 0.1) is 12.2 Å². The number of hydrogen-bond acceptors (Lipinski definition) is 6. The molecule has 0 fully saturated rings. The van der Waals surface area contributed by atoms with Crippen LogP contribution in [0.25, 0.3) is 11.5 Å². The lowest BCUT2D eigenvalue weighted by molar-refractivity contribution is 0.477. The van der Waals surface area contributed by atoms with Crippen molar-refractivity contribution in [3.63, 3.8) is 0 Å². The van der Waals surface area contributed by atoms with Gasteiger partial charge in [0.1, 0.15) is 12.1 Å². The van der Waals surface area contributed by atoms with Crippen molar-refractivity contribution < 1.29 is 4.42 Å². The fourth-order valence-electron chi connectivity index (χ4n) is 3.15. The molecular weight excluding hydrogens is 537 g/mol. The smallest absolute Gasteiger partial charge is 0.226 e. The Hall–Kier alpha value is -2.08. The third kappa shape index (κ3) is 7.51. The van der Waals surface area contributed by atoms with Gasteiger partial charge >= 0.3 is 0 Å². The molecule has 0 unspecified atom stereocenters. The van der Waals surface area contributed by atoms with Crippen LogP contribution in [0.5, 0.6) is 0 Å². The Morgan fingerprint density at radius 3 is 2.66 bits per heavy atom. The molecule has 3 rings (SSSR count). The lowest BCUT2D eigenvalue weighted by Crippen LogP contribution is -2.37. The third-order valence-electron chi connectivity index (χ3n) is 4.63. The summed E-state index contributed by atoms with van der Waals surface area (Å²) in [4.78, 5) is 8.82. The van der Waals surface area contributed by atoms with Gasteiger partial charge in [0, 0.05) is 32.1 Å². The second kappa shape index (κ2) is 13.5. The van der Waals surface area contributed by atoms with Crippen LogP contribution < -0.4 is 10.6 Å². The number of aliphatic imine (C=N–C) groups is 1. The molecule has 32 heavy (non-hydrogen) atoms. The monoisotopic (exact) mass is 569 g/mol. The first-order chi connectivity index (χ1) is 15.1. The molecule has 8 nitrogen and oxygen atoms in total. The summed E-state index contributed by atoms with van der Waals surface area (Å²) >= 11 is 1.64. The van der Waals surface area contributed by atoms with Crippen molar-refractivity contribution in [3.05, 3.63) is 48.1 Å². The summed E-state index contributed by atoms with van der Waals surface area (Å²) in [6.07, 6.45) is 5.52. The Balaban J connectivity index is 0.00000363. The van der Waals surface area contributed by atoms with Gasteiger partial charge in [-0.25, -0.2) is 4.98 Å². The molecule has 0 aliphatic carbocycles. The first-order valence-electron chi connectivity index (χ1n) is 10.5. The van der Waals surface area contributed by atoms with Crippen molar-refractivity contribution in [1.82, 2.24) is 30.4 Å². The maximum absolute atomic E-state index is 5.59. The Morgan fingerprint density at radius 1 is 1.19 bits per heavy atom. The summed E-state index contributed by atoms with van der Waals surface area (Å²) in [6, 6.07) is 9.87. The number of benzene rings is 1. The molecule has 0 aliphatic heterocycles. The van der Waals surface area contributed by atoms with E-state index in [2.05, 4.69) is 49.2 Å². The van der Waals surface area contributed by atoms with E-state index in [-0.39, 0.29) is 24.0 Å². The summed E-state index contributed by atoms with van der Waals surface area (Å²) in [5.74, 6) is 2.95. The summed E-state index contributed by atoms with van der Waals surface area (Å²) in [6.45, 7) is 6.69. The lowest BCUT2D eigenvalue weighted by atomic mass is 10.2. The fraction of sp³-hybridized carbons (Fsp3) is 0.455. The van der Waals surface area contributed by atoms with Crippen LogP contribution in [0, 0.1) is 5.92 Å². The zero-order chi connectivity index (χ0) is 22.1. The van der Waals surface area contributed by atoms with Crippen LogP contribution in [0.1, 0.15) is 31.8 Å². The maximum Gasteiger partial charge on any atom is 0.226 e. The Kier molecular flexibility index (Phi) is 11.0. The van der Waals surface area contributed by atoms with E-state index in [0.717, 1.165) is 54.1 Å². The molecule has 2 N–H and O–H groups in total. The van der Waals surface area contributed by atoms with Gasteiger partial charge in [-0.05, 0) is 30.7 Å². The van der Waals surface area contributed by atoms with E-state index in [1.54, 1.807) is 25.1 Å². The number of guanidine groups is 1. The number of rotatable bonds is 10. The zero-order valence-electron chi connectivity index (χ0n) is 19.0. The molecule has 2 heterocycles. The van der Waals surface area contributed by atoms with Gasteiger partial charge in [-0.3, -0.25) is 4.99 Å². The highest BCUT2D eigenvalue weighted by Gasteiger charge is 2.12. The van der Waals surface area contributed by atoms with E-state index in [9.17, 15) is 0 Å². The number of nitrogens with one attached hydrogen (secondary N) is 2. The van der Waals surface area contributed by atoms with Crippen LogP contribution in [0.3, 0.4) is 0 Å². The number of nitrogens with zero attached hydrogens (tertiary/aromatic N) is 5. The minimum absolute atomic E-state index is 0. The second-order valence-electron chi connectivity index (χ2n) is 7.57. The first kappa shape index (κ1) is 26.2. The molecule has 3 aromatic rings. The molecular formula is C22H32IN7OS. The molecule has 0 amide bonds. The molecule has 0 aliphatic rings. The van der Waals surface area contributed by atoms with E-state index < -0.39 is 0 Å². The van der Waals surface area contributed by atoms with Gasteiger partial charge < -0.3 is 19.6 Å². The fourth-order valence-corrected chi connectivity index (χ4v) is 3.68. The second-order valence-corrected chi connectivity index (χ2v) is 8.35. The number of aryl methyl sites for hydroxylation is 1. The van der Waals surface area contributed by atoms with Crippen LogP contribution in [-0.4, -0.2) is 45.6 Å². The van der Waals surface area contributed by atoms with Crippen LogP contribution in [0.2, 0.25) is 0 Å². The van der Waals surface area contributed by atoms with Gasteiger partial charge in [-0.1, -0.05) is 43.8 Å². The topological polar surface area (TPSA) is 93.2 Å². The minimum Gasteiger partial charge on any atom is -0.444 e. The van der Waals surface area contributed by atoms with Crippen LogP contribution >= 0.6 is 35.7 Å². The maximum atomic E-state index is 5.59. The number of thioether (sulfide) groups is 1. The van der Waals surface area contributed by atoms with Gasteiger partial charge in [-0.15, -0.1) is 34.2 Å². The average molecular weight is 570 g/mol. The summed E-state index contributed by atoms with van der Waals surface area (Å²) in [7, 11) is 1.76. The average Bonchev–Trinajstić information content (AvgIpc) is 3.40. The molecule has 0 saturated carbocycles. The van der Waals surface area contributed by atoms with E-state index in [4.69, 9.17) is 4.42 Å². The largest absolute Gasteiger partial charge is 0.444 e. The molecule has 0 bridgehead atoms. The number of aromatic nitrogens is 4. The Bertz CT molecular complexity index is 972. The van der Waals surface area contributed by atoms with Crippen molar-refractivity contribution in [3.8, 4) is 11.5 Å². The van der Waals surface area contributed by atoms with E-state index in [1.807, 2.05) is 36.6 Å². The van der Waals surface area contributed by atoms with Gasteiger partial charge in [-0.2, -0.15) is 0 Å². The van der Waals surface area contributed by atoms with Crippen molar-refractivity contribution in [2.45, 2.75) is 44.9 Å². The summed E-state index contributed by atoms with van der Waals surface area (Å²) in [5.41, 5.74) is 1.79. The highest BCUT2D eigenvalue weighted by Crippen LogP contribution is 2.18. The number of halogens is 1. The van der Waals surface area contributed by atoms with E-state index in [1.165, 1.54) is 0 Å². The van der Waals surface area contributed by atoms with Crippen LogP contribution in [0.4, 0.5) is 0 Å². The number of hydrogen-bond donors (Lipinski definition) is 2. The molecule has 10 heteroatoms. The first-order valence-corrected chi connectivity index (χ1v) is 11.7. The third-order valence-corrected chi connectivity index (χ3v) is 5.29. The van der Waals surface area contributed by atoms with E-state index in [0.29, 0.717) is 18.4 Å². The number of oxazole rings is 1. The Labute approximate surface area is 211 Å². The SMILES string of the molecule is CN=C(NCCCc1nnc(SC)n1CC(C)C)NCc1coc(-c2ccccc2)n1.I. The van der Waals surface area contributed by atoms with Gasteiger partial charge in [0.15, 0.2) is 11.1 Å². The molecule has 0 radical (unpaired) electrons. The summed E-state index contributed by atoms with van der Waals surface area (Å²) in [5, 5.41) is 16.3.